The molecule has 2 aromatic carbocycles. The lowest BCUT2D eigenvalue weighted by Crippen LogP contribution is -2.43. The molecule has 2 aliphatic rings. The van der Waals surface area contributed by atoms with Crippen LogP contribution in [0.3, 0.4) is 0 Å². The number of fused-ring (bicyclic) bond motifs is 1. The van der Waals surface area contributed by atoms with Crippen molar-refractivity contribution < 1.29 is 19.7 Å². The number of aliphatic hydroxyl groups is 2. The maximum absolute atomic E-state index is 11.1. The van der Waals surface area contributed by atoms with Gasteiger partial charge in [0.25, 0.3) is 0 Å². The number of hydrogen-bond acceptors (Lipinski definition) is 5. The van der Waals surface area contributed by atoms with Crippen molar-refractivity contribution >= 4 is 0 Å². The van der Waals surface area contributed by atoms with Gasteiger partial charge in [0.2, 0.25) is 6.79 Å². The second kappa shape index (κ2) is 6.91. The van der Waals surface area contributed by atoms with Crippen molar-refractivity contribution in [3.63, 3.8) is 0 Å². The largest absolute Gasteiger partial charge is 0.454 e. The minimum absolute atomic E-state index is 0.238. The fourth-order valence-electron chi connectivity index (χ4n) is 3.72. The number of rotatable bonds is 4. The van der Waals surface area contributed by atoms with Gasteiger partial charge in [-0.3, -0.25) is 0 Å². The zero-order chi connectivity index (χ0) is 18.1. The third-order valence-corrected chi connectivity index (χ3v) is 5.49. The fourth-order valence-corrected chi connectivity index (χ4v) is 3.72. The van der Waals surface area contributed by atoms with E-state index in [1.807, 2.05) is 49.4 Å². The predicted octanol–water partition coefficient (Wildman–Crippen LogP) is 2.74. The van der Waals surface area contributed by atoms with Crippen LogP contribution in [0, 0.1) is 6.92 Å². The summed E-state index contributed by atoms with van der Waals surface area (Å²) in [6.07, 6.45) is 0.757. The standard InChI is InChI=1S/C21H25NO4/c1-15-2-4-16(5-3-15)18(23)13-22-10-8-21(24,9-11-22)17-6-7-19-20(12-17)26-14-25-19/h2-7,12,18,23-24H,8-11,13-14H2,1H3. The molecule has 0 amide bonds. The number of ether oxygens (including phenoxy) is 2. The summed E-state index contributed by atoms with van der Waals surface area (Å²) in [7, 11) is 0. The Morgan fingerprint density at radius 3 is 2.46 bits per heavy atom. The molecule has 0 bridgehead atoms. The maximum atomic E-state index is 11.1. The van der Waals surface area contributed by atoms with Gasteiger partial charge >= 0.3 is 0 Å². The molecular weight excluding hydrogens is 330 g/mol. The SMILES string of the molecule is Cc1ccc(C(O)CN2CCC(O)(c3ccc4c(c3)OCO4)CC2)cc1. The molecule has 1 fully saturated rings. The first kappa shape index (κ1) is 17.3. The van der Waals surface area contributed by atoms with E-state index >= 15 is 0 Å². The highest BCUT2D eigenvalue weighted by molar-refractivity contribution is 5.46. The van der Waals surface area contributed by atoms with Gasteiger partial charge in [0, 0.05) is 19.6 Å². The highest BCUT2D eigenvalue weighted by Gasteiger charge is 2.35. The molecule has 2 aromatic rings. The van der Waals surface area contributed by atoms with Crippen LogP contribution in [0.2, 0.25) is 0 Å². The molecule has 138 valence electrons. The normalized spacial score (nSPS) is 20.1. The third kappa shape index (κ3) is 3.43. The Balaban J connectivity index is 1.38. The Labute approximate surface area is 153 Å². The number of aryl methyl sites for hydroxylation is 1. The lowest BCUT2D eigenvalue weighted by Gasteiger charge is -2.39. The summed E-state index contributed by atoms with van der Waals surface area (Å²) in [5.74, 6) is 1.43. The quantitative estimate of drug-likeness (QED) is 0.883. The van der Waals surface area contributed by atoms with Gasteiger partial charge < -0.3 is 24.6 Å². The van der Waals surface area contributed by atoms with Crippen molar-refractivity contribution in [2.24, 2.45) is 0 Å². The van der Waals surface area contributed by atoms with E-state index in [4.69, 9.17) is 9.47 Å². The number of hydrogen-bond donors (Lipinski definition) is 2. The molecule has 0 spiro atoms. The molecule has 2 heterocycles. The van der Waals surface area contributed by atoms with Crippen LogP contribution < -0.4 is 9.47 Å². The average molecular weight is 355 g/mol. The fraction of sp³-hybridized carbons (Fsp3) is 0.429. The van der Waals surface area contributed by atoms with Crippen LogP contribution in [-0.4, -0.2) is 41.5 Å². The number of likely N-dealkylation sites (tertiary alicyclic amines) is 1. The Morgan fingerprint density at radius 2 is 1.73 bits per heavy atom. The zero-order valence-electron chi connectivity index (χ0n) is 15.0. The van der Waals surface area contributed by atoms with Gasteiger partial charge in [0.1, 0.15) is 0 Å². The second-order valence-corrected chi connectivity index (χ2v) is 7.33. The van der Waals surface area contributed by atoms with E-state index in [0.717, 1.165) is 30.0 Å². The number of piperidine rings is 1. The summed E-state index contributed by atoms with van der Waals surface area (Å²) in [4.78, 5) is 2.21. The van der Waals surface area contributed by atoms with E-state index in [-0.39, 0.29) is 6.79 Å². The van der Waals surface area contributed by atoms with Crippen molar-refractivity contribution in [1.29, 1.82) is 0 Å². The lowest BCUT2D eigenvalue weighted by molar-refractivity contribution is -0.0345. The summed E-state index contributed by atoms with van der Waals surface area (Å²) in [6, 6.07) is 13.7. The first-order chi connectivity index (χ1) is 12.5. The van der Waals surface area contributed by atoms with Gasteiger partial charge in [-0.25, -0.2) is 0 Å². The monoisotopic (exact) mass is 355 g/mol. The summed E-state index contributed by atoms with van der Waals surface area (Å²) >= 11 is 0. The Bertz CT molecular complexity index is 766. The average Bonchev–Trinajstić information content (AvgIpc) is 3.12. The maximum Gasteiger partial charge on any atom is 0.231 e. The summed E-state index contributed by atoms with van der Waals surface area (Å²) in [6.45, 7) is 4.35. The van der Waals surface area contributed by atoms with E-state index in [1.54, 1.807) is 0 Å². The molecule has 1 saturated heterocycles. The first-order valence-corrected chi connectivity index (χ1v) is 9.13. The Morgan fingerprint density at radius 1 is 1.04 bits per heavy atom. The minimum atomic E-state index is -0.855. The van der Waals surface area contributed by atoms with Crippen molar-refractivity contribution in [1.82, 2.24) is 4.90 Å². The minimum Gasteiger partial charge on any atom is -0.454 e. The van der Waals surface area contributed by atoms with Crippen LogP contribution in [0.4, 0.5) is 0 Å². The molecule has 5 nitrogen and oxygen atoms in total. The molecule has 0 radical (unpaired) electrons. The van der Waals surface area contributed by atoms with Crippen molar-refractivity contribution in [3.8, 4) is 11.5 Å². The number of benzene rings is 2. The Hall–Kier alpha value is -2.08. The van der Waals surface area contributed by atoms with E-state index in [9.17, 15) is 10.2 Å². The lowest BCUT2D eigenvalue weighted by atomic mass is 9.84. The van der Waals surface area contributed by atoms with Crippen LogP contribution in [0.25, 0.3) is 0 Å². The molecule has 2 N–H and O–H groups in total. The van der Waals surface area contributed by atoms with E-state index in [1.165, 1.54) is 5.56 Å². The van der Waals surface area contributed by atoms with Crippen LogP contribution in [0.5, 0.6) is 11.5 Å². The number of β-amino-alcohol motifs (C(OH)–C–C–N with tert-alkyl or cyclic N) is 1. The van der Waals surface area contributed by atoms with Gasteiger partial charge in [0.15, 0.2) is 11.5 Å². The smallest absolute Gasteiger partial charge is 0.231 e. The molecule has 0 aliphatic carbocycles. The van der Waals surface area contributed by atoms with Crippen LogP contribution in [-0.2, 0) is 5.60 Å². The summed E-state index contributed by atoms with van der Waals surface area (Å²) in [5.41, 5.74) is 2.15. The van der Waals surface area contributed by atoms with E-state index in [2.05, 4.69) is 4.90 Å². The van der Waals surface area contributed by atoms with Crippen LogP contribution in [0.1, 0.15) is 35.6 Å². The Kier molecular flexibility index (Phi) is 4.61. The molecule has 1 unspecified atom stereocenters. The predicted molar refractivity (Wildman–Crippen MR) is 98.3 cm³/mol. The van der Waals surface area contributed by atoms with Crippen molar-refractivity contribution in [2.75, 3.05) is 26.4 Å². The first-order valence-electron chi connectivity index (χ1n) is 9.13. The topological polar surface area (TPSA) is 62.2 Å². The molecule has 26 heavy (non-hydrogen) atoms. The second-order valence-electron chi connectivity index (χ2n) is 7.33. The van der Waals surface area contributed by atoms with E-state index < -0.39 is 11.7 Å². The van der Waals surface area contributed by atoms with Gasteiger partial charge in [-0.05, 0) is 43.0 Å². The summed E-state index contributed by atoms with van der Waals surface area (Å²) in [5, 5.41) is 21.6. The molecule has 4 rings (SSSR count). The molecule has 2 aliphatic heterocycles. The van der Waals surface area contributed by atoms with Crippen molar-refractivity contribution in [3.05, 3.63) is 59.2 Å². The highest BCUT2D eigenvalue weighted by Crippen LogP contribution is 2.39. The number of nitrogens with zero attached hydrogens (tertiary/aromatic N) is 1. The molecule has 0 saturated carbocycles. The zero-order valence-corrected chi connectivity index (χ0v) is 15.0. The summed E-state index contributed by atoms with van der Waals surface area (Å²) < 4.78 is 10.8. The van der Waals surface area contributed by atoms with Crippen LogP contribution in [0.15, 0.2) is 42.5 Å². The van der Waals surface area contributed by atoms with E-state index in [0.29, 0.717) is 25.1 Å². The van der Waals surface area contributed by atoms with Crippen molar-refractivity contribution in [2.45, 2.75) is 31.5 Å². The highest BCUT2D eigenvalue weighted by atomic mass is 16.7. The molecular formula is C21H25NO4. The van der Waals surface area contributed by atoms with Gasteiger partial charge in [-0.1, -0.05) is 35.9 Å². The third-order valence-electron chi connectivity index (χ3n) is 5.49. The van der Waals surface area contributed by atoms with Gasteiger partial charge in [-0.15, -0.1) is 0 Å². The number of aliphatic hydroxyl groups excluding tert-OH is 1. The van der Waals surface area contributed by atoms with Gasteiger partial charge in [0.05, 0.1) is 11.7 Å². The molecule has 1 atom stereocenters. The van der Waals surface area contributed by atoms with Gasteiger partial charge in [-0.2, -0.15) is 0 Å². The van der Waals surface area contributed by atoms with Crippen LogP contribution >= 0.6 is 0 Å². The molecule has 0 aromatic heterocycles. The molecule has 5 heteroatoms.